The highest BCUT2D eigenvalue weighted by Crippen LogP contribution is 2.14. The van der Waals surface area contributed by atoms with Crippen molar-refractivity contribution in [1.82, 2.24) is 0 Å². The summed E-state index contributed by atoms with van der Waals surface area (Å²) in [6.45, 7) is 2.54. The lowest BCUT2D eigenvalue weighted by molar-refractivity contribution is 0.104. The van der Waals surface area contributed by atoms with E-state index in [1.165, 1.54) is 0 Å². The summed E-state index contributed by atoms with van der Waals surface area (Å²) in [7, 11) is 0. The van der Waals surface area contributed by atoms with Crippen molar-refractivity contribution in [3.63, 3.8) is 0 Å². The van der Waals surface area contributed by atoms with Crippen LogP contribution in [-0.2, 0) is 0 Å². The molecule has 20 heavy (non-hydrogen) atoms. The summed E-state index contributed by atoms with van der Waals surface area (Å²) in [6, 6.07) is 14.4. The Balaban J connectivity index is 2.05. The monoisotopic (exact) mass is 286 g/mol. The fourth-order valence-electron chi connectivity index (χ4n) is 1.72. The molecule has 102 valence electrons. The van der Waals surface area contributed by atoms with E-state index in [-0.39, 0.29) is 5.78 Å². The zero-order valence-electron chi connectivity index (χ0n) is 11.2. The van der Waals surface area contributed by atoms with Crippen LogP contribution in [0.1, 0.15) is 22.8 Å². The molecule has 0 N–H and O–H groups in total. The van der Waals surface area contributed by atoms with Crippen molar-refractivity contribution in [2.75, 3.05) is 6.61 Å². The van der Waals surface area contributed by atoms with Crippen LogP contribution in [0, 0.1) is 0 Å². The third-order valence-electron chi connectivity index (χ3n) is 2.75. The van der Waals surface area contributed by atoms with Gasteiger partial charge in [0.05, 0.1) is 6.61 Å². The molecule has 3 heteroatoms. The molecule has 2 rings (SSSR count). The molecule has 0 heterocycles. The molecule has 0 fully saturated rings. The summed E-state index contributed by atoms with van der Waals surface area (Å²) >= 11 is 5.81. The van der Waals surface area contributed by atoms with E-state index in [0.29, 0.717) is 17.2 Å². The molecule has 0 unspecified atom stereocenters. The smallest absolute Gasteiger partial charge is 0.185 e. The third kappa shape index (κ3) is 3.97. The molecule has 0 aliphatic rings. The largest absolute Gasteiger partial charge is 0.494 e. The number of carbonyl (C=O) groups is 1. The number of ether oxygens (including phenoxy) is 1. The fraction of sp³-hybridized carbons (Fsp3) is 0.118. The summed E-state index contributed by atoms with van der Waals surface area (Å²) in [5, 5.41) is 0.681. The highest BCUT2D eigenvalue weighted by molar-refractivity contribution is 6.30. The second-order valence-corrected chi connectivity index (χ2v) is 4.64. The van der Waals surface area contributed by atoms with Crippen LogP contribution < -0.4 is 4.74 Å². The van der Waals surface area contributed by atoms with E-state index in [1.807, 2.05) is 19.1 Å². The van der Waals surface area contributed by atoms with Gasteiger partial charge >= 0.3 is 0 Å². The maximum Gasteiger partial charge on any atom is 0.185 e. The molecular weight excluding hydrogens is 272 g/mol. The third-order valence-corrected chi connectivity index (χ3v) is 3.00. The van der Waals surface area contributed by atoms with Crippen LogP contribution >= 0.6 is 11.6 Å². The molecule has 0 amide bonds. The number of rotatable bonds is 5. The van der Waals surface area contributed by atoms with Crippen LogP contribution in [0.4, 0.5) is 0 Å². The molecule has 0 aliphatic carbocycles. The van der Waals surface area contributed by atoms with Gasteiger partial charge in [-0.1, -0.05) is 29.8 Å². The van der Waals surface area contributed by atoms with Crippen molar-refractivity contribution in [3.05, 3.63) is 70.8 Å². The number of carbonyl (C=O) groups excluding carboxylic acids is 1. The first-order valence-corrected chi connectivity index (χ1v) is 6.77. The Morgan fingerprint density at radius 2 is 1.75 bits per heavy atom. The van der Waals surface area contributed by atoms with Gasteiger partial charge in [0.25, 0.3) is 0 Å². The Bertz CT molecular complexity index is 598. The molecule has 0 saturated carbocycles. The molecule has 0 atom stereocenters. The number of hydrogen-bond donors (Lipinski definition) is 0. The normalized spacial score (nSPS) is 10.7. The van der Waals surface area contributed by atoms with Crippen LogP contribution in [0.3, 0.4) is 0 Å². The van der Waals surface area contributed by atoms with Crippen LogP contribution in [0.2, 0.25) is 5.02 Å². The molecule has 0 bridgehead atoms. The number of allylic oxidation sites excluding steroid dienone is 1. The Labute approximate surface area is 123 Å². The zero-order chi connectivity index (χ0) is 14.4. The summed E-state index contributed by atoms with van der Waals surface area (Å²) in [5.74, 6) is 0.730. The molecule has 0 spiro atoms. The van der Waals surface area contributed by atoms with Crippen molar-refractivity contribution in [2.45, 2.75) is 6.92 Å². The van der Waals surface area contributed by atoms with Crippen molar-refractivity contribution < 1.29 is 9.53 Å². The molecule has 0 saturated heterocycles. The van der Waals surface area contributed by atoms with Crippen molar-refractivity contribution in [2.24, 2.45) is 0 Å². The first-order chi connectivity index (χ1) is 9.69. The lowest BCUT2D eigenvalue weighted by Crippen LogP contribution is -1.95. The minimum Gasteiger partial charge on any atom is -0.494 e. The Kier molecular flexibility index (Phi) is 4.97. The maximum atomic E-state index is 12.0. The number of hydrogen-bond acceptors (Lipinski definition) is 2. The SMILES string of the molecule is CCOc1ccc(C(=O)C=Cc2ccc(Cl)cc2)cc1. The zero-order valence-corrected chi connectivity index (χ0v) is 11.9. The topological polar surface area (TPSA) is 26.3 Å². The van der Waals surface area contributed by atoms with Gasteiger partial charge in [0.1, 0.15) is 5.75 Å². The molecule has 2 aromatic carbocycles. The second-order valence-electron chi connectivity index (χ2n) is 4.21. The van der Waals surface area contributed by atoms with Crippen LogP contribution in [0.25, 0.3) is 6.08 Å². The quantitative estimate of drug-likeness (QED) is 0.591. The predicted octanol–water partition coefficient (Wildman–Crippen LogP) is 4.63. The van der Waals surface area contributed by atoms with Crippen molar-refractivity contribution in [1.29, 1.82) is 0 Å². The van der Waals surface area contributed by atoms with E-state index in [4.69, 9.17) is 16.3 Å². The van der Waals surface area contributed by atoms with Gasteiger partial charge in [-0.25, -0.2) is 0 Å². The molecule has 2 nitrogen and oxygen atoms in total. The fourth-order valence-corrected chi connectivity index (χ4v) is 1.85. The van der Waals surface area contributed by atoms with Gasteiger partial charge in [0.15, 0.2) is 5.78 Å². The Morgan fingerprint density at radius 3 is 2.35 bits per heavy atom. The number of benzene rings is 2. The van der Waals surface area contributed by atoms with E-state index >= 15 is 0 Å². The molecule has 2 aromatic rings. The number of ketones is 1. The molecule has 0 aliphatic heterocycles. The van der Waals surface area contributed by atoms with Gasteiger partial charge in [-0.2, -0.15) is 0 Å². The van der Waals surface area contributed by atoms with Gasteiger partial charge in [-0.3, -0.25) is 4.79 Å². The Morgan fingerprint density at radius 1 is 1.10 bits per heavy atom. The summed E-state index contributed by atoms with van der Waals surface area (Å²) in [5.41, 5.74) is 1.58. The summed E-state index contributed by atoms with van der Waals surface area (Å²) < 4.78 is 5.34. The van der Waals surface area contributed by atoms with Gasteiger partial charge < -0.3 is 4.74 Å². The minimum absolute atomic E-state index is 0.0389. The first kappa shape index (κ1) is 14.4. The van der Waals surface area contributed by atoms with Gasteiger partial charge in [-0.05, 0) is 55.0 Å². The van der Waals surface area contributed by atoms with Crippen LogP contribution in [0.5, 0.6) is 5.75 Å². The lowest BCUT2D eigenvalue weighted by atomic mass is 10.1. The maximum absolute atomic E-state index is 12.0. The lowest BCUT2D eigenvalue weighted by Gasteiger charge is -2.02. The second kappa shape index (κ2) is 6.92. The molecular formula is C17H15ClO2. The summed E-state index contributed by atoms with van der Waals surface area (Å²) in [4.78, 5) is 12.0. The Hall–Kier alpha value is -2.06. The predicted molar refractivity (Wildman–Crippen MR) is 82.4 cm³/mol. The highest BCUT2D eigenvalue weighted by atomic mass is 35.5. The summed E-state index contributed by atoms with van der Waals surface area (Å²) in [6.07, 6.45) is 3.33. The van der Waals surface area contributed by atoms with E-state index in [0.717, 1.165) is 11.3 Å². The van der Waals surface area contributed by atoms with Gasteiger partial charge in [-0.15, -0.1) is 0 Å². The highest BCUT2D eigenvalue weighted by Gasteiger charge is 2.02. The van der Waals surface area contributed by atoms with Crippen molar-refractivity contribution in [3.8, 4) is 5.75 Å². The van der Waals surface area contributed by atoms with E-state index in [2.05, 4.69) is 0 Å². The van der Waals surface area contributed by atoms with Crippen LogP contribution in [-0.4, -0.2) is 12.4 Å². The van der Waals surface area contributed by atoms with Crippen LogP contribution in [0.15, 0.2) is 54.6 Å². The van der Waals surface area contributed by atoms with Gasteiger partial charge in [0, 0.05) is 10.6 Å². The van der Waals surface area contributed by atoms with E-state index < -0.39 is 0 Å². The first-order valence-electron chi connectivity index (χ1n) is 6.40. The molecule has 0 aromatic heterocycles. The molecule has 0 radical (unpaired) electrons. The van der Waals surface area contributed by atoms with E-state index in [1.54, 1.807) is 48.6 Å². The van der Waals surface area contributed by atoms with Gasteiger partial charge in [0.2, 0.25) is 0 Å². The van der Waals surface area contributed by atoms with E-state index in [9.17, 15) is 4.79 Å². The van der Waals surface area contributed by atoms with Crippen molar-refractivity contribution >= 4 is 23.5 Å². The minimum atomic E-state index is -0.0389. The average Bonchev–Trinajstić information content (AvgIpc) is 2.47. The number of halogens is 1. The standard InChI is InChI=1S/C17H15ClO2/c1-2-20-16-10-6-14(7-11-16)17(19)12-5-13-3-8-15(18)9-4-13/h3-12H,2H2,1H3. The average molecular weight is 287 g/mol.